The van der Waals surface area contributed by atoms with Gasteiger partial charge in [-0.1, -0.05) is 6.07 Å². The number of hydrogen-bond donors (Lipinski definition) is 4. The molecule has 4 atom stereocenters. The van der Waals surface area contributed by atoms with Crippen LogP contribution in [0.1, 0.15) is 83.8 Å². The highest BCUT2D eigenvalue weighted by Crippen LogP contribution is 2.48. The van der Waals surface area contributed by atoms with E-state index in [1.165, 1.54) is 23.6 Å². The summed E-state index contributed by atoms with van der Waals surface area (Å²) in [6.45, 7) is 6.80. The Labute approximate surface area is 344 Å². The van der Waals surface area contributed by atoms with E-state index in [1.54, 1.807) is 22.4 Å². The minimum atomic E-state index is -0.739. The number of imidazole rings is 2. The number of hydrogen-bond acceptors (Lipinski definition) is 9. The lowest BCUT2D eigenvalue weighted by Crippen LogP contribution is -2.53. The molecule has 3 fully saturated rings. The first-order chi connectivity index (χ1) is 28.7. The van der Waals surface area contributed by atoms with Crippen LogP contribution >= 0.6 is 11.3 Å². The summed E-state index contributed by atoms with van der Waals surface area (Å²) in [6, 6.07) is 13.1. The van der Waals surface area contributed by atoms with Gasteiger partial charge < -0.3 is 39.7 Å². The van der Waals surface area contributed by atoms with Gasteiger partial charge in [0.05, 0.1) is 64.6 Å². The third-order valence-electron chi connectivity index (χ3n) is 12.6. The zero-order valence-electron chi connectivity index (χ0n) is 33.3. The van der Waals surface area contributed by atoms with Crippen LogP contribution in [0.25, 0.3) is 44.7 Å². The van der Waals surface area contributed by atoms with Gasteiger partial charge in [0.15, 0.2) is 0 Å². The molecule has 6 aromatic rings. The predicted molar refractivity (Wildman–Crippen MR) is 222 cm³/mol. The van der Waals surface area contributed by atoms with Crippen molar-refractivity contribution in [3.63, 3.8) is 0 Å². The first-order valence-corrected chi connectivity index (χ1v) is 21.3. The van der Waals surface area contributed by atoms with Crippen molar-refractivity contribution in [2.75, 3.05) is 33.4 Å². The minimum Gasteiger partial charge on any atom is -0.464 e. The Morgan fingerprint density at radius 2 is 1.76 bits per heavy atom. The van der Waals surface area contributed by atoms with Crippen molar-refractivity contribution in [2.24, 2.45) is 5.92 Å². The Bertz CT molecular complexity index is 2540. The third-order valence-corrected chi connectivity index (χ3v) is 13.8. The Morgan fingerprint density at radius 1 is 0.966 bits per heavy atom. The van der Waals surface area contributed by atoms with E-state index >= 15 is 4.39 Å². The normalized spacial score (nSPS) is 21.0. The van der Waals surface area contributed by atoms with E-state index in [-0.39, 0.29) is 23.9 Å². The fourth-order valence-electron chi connectivity index (χ4n) is 9.35. The Morgan fingerprint density at radius 3 is 2.53 bits per heavy atom. The number of likely N-dealkylation sites (tertiary alicyclic amines) is 1. The predicted octanol–water partition coefficient (Wildman–Crippen LogP) is 8.08. The molecule has 0 aliphatic carbocycles. The number of carbonyl (C=O) groups is 2. The summed E-state index contributed by atoms with van der Waals surface area (Å²) >= 11 is 1.68. The Hall–Kier alpha value is -5.51. The molecule has 306 valence electrons. The topological polar surface area (TPSA) is 151 Å². The van der Waals surface area contributed by atoms with Crippen molar-refractivity contribution in [3.8, 4) is 39.5 Å². The summed E-state index contributed by atoms with van der Waals surface area (Å²) in [5.74, 6) is 1.34. The SMILES string of the molecule is COC(=O)NC(C(=O)N1CCC[C@H]1c1ncc(-c2cc(F)c3c(c2)OC(c2cc(C)c(C)s2)n2c-3cc3cc(-c4cnc([C@@H]5CCCN5)[nH]4)ccc32)[nH]1)C1CCOCC1. The summed E-state index contributed by atoms with van der Waals surface area (Å²) in [5, 5.41) is 7.29. The second-order valence-corrected chi connectivity index (χ2v) is 17.4. The van der Waals surface area contributed by atoms with Crippen LogP contribution < -0.4 is 15.4 Å². The molecule has 59 heavy (non-hydrogen) atoms. The number of aryl methyl sites for hydroxylation is 2. The van der Waals surface area contributed by atoms with Crippen LogP contribution in [0, 0.1) is 25.6 Å². The second-order valence-electron chi connectivity index (χ2n) is 16.1. The van der Waals surface area contributed by atoms with Gasteiger partial charge in [-0.05, 0) is 107 Å². The van der Waals surface area contributed by atoms with Gasteiger partial charge in [-0.15, -0.1) is 11.3 Å². The first-order valence-electron chi connectivity index (χ1n) is 20.5. The van der Waals surface area contributed by atoms with Gasteiger partial charge in [-0.2, -0.15) is 0 Å². The minimum absolute atomic E-state index is 0.0719. The maximum atomic E-state index is 16.7. The highest BCUT2D eigenvalue weighted by molar-refractivity contribution is 7.12. The maximum Gasteiger partial charge on any atom is 0.407 e. The molecular weight excluding hydrogens is 772 g/mol. The quantitative estimate of drug-likeness (QED) is 0.120. The number of thiophene rings is 1. The summed E-state index contributed by atoms with van der Waals surface area (Å²) in [6.07, 6.45) is 7.43. The number of nitrogens with zero attached hydrogens (tertiary/aromatic N) is 4. The lowest BCUT2D eigenvalue weighted by atomic mass is 9.90. The van der Waals surface area contributed by atoms with E-state index in [0.29, 0.717) is 67.4 Å². The van der Waals surface area contributed by atoms with Gasteiger partial charge in [-0.3, -0.25) is 9.36 Å². The molecule has 4 N–H and O–H groups in total. The van der Waals surface area contributed by atoms with Crippen LogP contribution in [0.3, 0.4) is 0 Å². The van der Waals surface area contributed by atoms with E-state index in [9.17, 15) is 9.59 Å². The number of nitrogens with one attached hydrogen (secondary N) is 4. The molecule has 4 aliphatic rings. The molecule has 0 saturated carbocycles. The van der Waals surface area contributed by atoms with E-state index in [1.807, 2.05) is 12.3 Å². The van der Waals surface area contributed by atoms with Gasteiger partial charge >= 0.3 is 6.09 Å². The first kappa shape index (κ1) is 37.7. The number of amides is 2. The standard InChI is InChI=1S/C44H47FN8O5S/c1-23-16-37(59-24(23)2)43-53-33-9-8-26(31-21-47-40(49-31)30-6-4-12-46-30)17-28(33)19-35(53)38-29(45)18-27(20-36(38)58-43)32-22-48-41(50-32)34-7-5-13-52(34)42(54)39(51-44(55)56-3)25-10-14-57-15-11-25/h8-9,16-22,25,30,34,39,43,46H,4-7,10-15H2,1-3H3,(H,47,49)(H,48,50)(H,51,55)/t30-,34-,39?,43?/m0/s1. The summed E-state index contributed by atoms with van der Waals surface area (Å²) in [5.41, 5.74) is 6.39. The number of benzene rings is 2. The summed E-state index contributed by atoms with van der Waals surface area (Å²) < 4.78 is 36.1. The van der Waals surface area contributed by atoms with Gasteiger partial charge in [-0.25, -0.2) is 19.2 Å². The van der Waals surface area contributed by atoms with Crippen LogP contribution in [-0.4, -0.2) is 80.9 Å². The van der Waals surface area contributed by atoms with Crippen molar-refractivity contribution in [1.82, 2.24) is 40.0 Å². The van der Waals surface area contributed by atoms with E-state index in [4.69, 9.17) is 24.2 Å². The van der Waals surface area contributed by atoms with Gasteiger partial charge in [0.2, 0.25) is 12.1 Å². The smallest absolute Gasteiger partial charge is 0.407 e. The van der Waals surface area contributed by atoms with Gasteiger partial charge in [0.25, 0.3) is 0 Å². The molecule has 0 radical (unpaired) electrons. The Kier molecular flexibility index (Phi) is 9.76. The fourth-order valence-corrected chi connectivity index (χ4v) is 10.4. The van der Waals surface area contributed by atoms with Crippen molar-refractivity contribution in [1.29, 1.82) is 0 Å². The van der Waals surface area contributed by atoms with Crippen molar-refractivity contribution in [3.05, 3.63) is 87.6 Å². The number of fused-ring (bicyclic) bond motifs is 5. The summed E-state index contributed by atoms with van der Waals surface area (Å²) in [4.78, 5) is 46.9. The molecule has 13 nitrogen and oxygen atoms in total. The zero-order chi connectivity index (χ0) is 40.4. The molecule has 0 spiro atoms. The number of rotatable bonds is 8. The van der Waals surface area contributed by atoms with Gasteiger partial charge in [0, 0.05) is 41.1 Å². The zero-order valence-corrected chi connectivity index (χ0v) is 34.1. The number of aromatic nitrogens is 5. The molecule has 2 unspecified atom stereocenters. The average Bonchev–Trinajstić information content (AvgIpc) is 4.11. The van der Waals surface area contributed by atoms with Crippen LogP contribution in [-0.2, 0) is 14.3 Å². The van der Waals surface area contributed by atoms with Crippen molar-refractivity contribution in [2.45, 2.75) is 76.7 Å². The molecule has 8 heterocycles. The highest BCUT2D eigenvalue weighted by Gasteiger charge is 2.40. The lowest BCUT2D eigenvalue weighted by molar-refractivity contribution is -0.136. The van der Waals surface area contributed by atoms with Crippen LogP contribution in [0.2, 0.25) is 0 Å². The molecular formula is C44H47FN8O5S. The average molecular weight is 819 g/mol. The number of carbonyl (C=O) groups excluding carboxylic acids is 2. The van der Waals surface area contributed by atoms with Gasteiger partial charge in [0.1, 0.15) is 29.3 Å². The Balaban J connectivity index is 0.983. The molecule has 2 aromatic carbocycles. The number of halogens is 1. The summed E-state index contributed by atoms with van der Waals surface area (Å²) in [7, 11) is 1.30. The van der Waals surface area contributed by atoms with Crippen LogP contribution in [0.15, 0.2) is 54.9 Å². The number of aromatic amines is 2. The number of methoxy groups -OCH3 is 1. The molecule has 0 bridgehead atoms. The van der Waals surface area contributed by atoms with Crippen molar-refractivity contribution >= 4 is 34.2 Å². The third kappa shape index (κ3) is 6.78. The van der Waals surface area contributed by atoms with Crippen LogP contribution in [0.5, 0.6) is 5.75 Å². The number of H-pyrrole nitrogens is 2. The molecule has 3 saturated heterocycles. The van der Waals surface area contributed by atoms with Crippen LogP contribution in [0.4, 0.5) is 9.18 Å². The maximum absolute atomic E-state index is 16.7. The molecule has 4 aliphatic heterocycles. The van der Waals surface area contributed by atoms with Crippen molar-refractivity contribution < 1.29 is 28.2 Å². The fraction of sp³-hybridized carbons (Fsp3) is 0.409. The number of alkyl carbamates (subject to hydrolysis) is 1. The number of ether oxygens (including phenoxy) is 3. The second kappa shape index (κ2) is 15.3. The van der Waals surface area contributed by atoms with E-state index in [2.05, 4.69) is 69.3 Å². The highest BCUT2D eigenvalue weighted by atomic mass is 32.1. The molecule has 10 rings (SSSR count). The molecule has 4 aromatic heterocycles. The lowest BCUT2D eigenvalue weighted by Gasteiger charge is -2.34. The monoisotopic (exact) mass is 818 g/mol. The van der Waals surface area contributed by atoms with E-state index in [0.717, 1.165) is 64.4 Å². The molecule has 15 heteroatoms. The molecule has 2 amide bonds. The van der Waals surface area contributed by atoms with E-state index < -0.39 is 24.2 Å². The largest absolute Gasteiger partial charge is 0.464 e.